The lowest BCUT2D eigenvalue weighted by Crippen LogP contribution is -2.42. The third-order valence-corrected chi connectivity index (χ3v) is 3.25. The Morgan fingerprint density at radius 2 is 2.24 bits per heavy atom. The lowest BCUT2D eigenvalue weighted by Gasteiger charge is -2.33. The van der Waals surface area contributed by atoms with E-state index in [1.807, 2.05) is 6.92 Å². The van der Waals surface area contributed by atoms with E-state index >= 15 is 0 Å². The van der Waals surface area contributed by atoms with Crippen molar-refractivity contribution in [3.8, 4) is 5.75 Å². The van der Waals surface area contributed by atoms with Crippen LogP contribution >= 0.6 is 0 Å². The number of aromatic hydroxyl groups is 1. The van der Waals surface area contributed by atoms with E-state index in [0.29, 0.717) is 6.54 Å². The smallest absolute Gasteiger partial charge is 0.257 e. The molecule has 1 unspecified atom stereocenters. The Kier molecular flexibility index (Phi) is 3.31. The maximum Gasteiger partial charge on any atom is 0.257 e. The van der Waals surface area contributed by atoms with Gasteiger partial charge in [0.05, 0.1) is 5.56 Å². The maximum atomic E-state index is 13.6. The molecule has 1 saturated heterocycles. The van der Waals surface area contributed by atoms with Crippen molar-refractivity contribution in [1.82, 2.24) is 4.90 Å². The molecule has 0 aromatic heterocycles. The van der Waals surface area contributed by atoms with E-state index in [9.17, 15) is 9.18 Å². The molecule has 1 atom stereocenters. The molecule has 1 aromatic rings. The Morgan fingerprint density at radius 3 is 2.88 bits per heavy atom. The highest BCUT2D eigenvalue weighted by atomic mass is 19.1. The summed E-state index contributed by atoms with van der Waals surface area (Å²) in [6.07, 6.45) is 3.05. The van der Waals surface area contributed by atoms with Gasteiger partial charge in [0.2, 0.25) is 0 Å². The summed E-state index contributed by atoms with van der Waals surface area (Å²) in [5.41, 5.74) is 0.0385. The number of benzene rings is 1. The van der Waals surface area contributed by atoms with Crippen LogP contribution in [0.15, 0.2) is 18.2 Å². The average Bonchev–Trinajstić information content (AvgIpc) is 2.29. The molecule has 1 aliphatic heterocycles. The molecule has 1 aliphatic rings. The van der Waals surface area contributed by atoms with Gasteiger partial charge in [-0.15, -0.1) is 0 Å². The van der Waals surface area contributed by atoms with Gasteiger partial charge in [0.25, 0.3) is 5.91 Å². The molecule has 3 nitrogen and oxygen atoms in total. The normalized spacial score (nSPS) is 20.4. The first-order chi connectivity index (χ1) is 8.09. The van der Waals surface area contributed by atoms with Crippen LogP contribution < -0.4 is 0 Å². The molecule has 4 heteroatoms. The second-order valence-electron chi connectivity index (χ2n) is 4.51. The standard InChI is InChI=1S/C13H16FNO2/c1-9-4-2-3-7-15(9)13(17)11-6-5-10(16)8-12(11)14/h5-6,8-9,16H,2-4,7H2,1H3. The molecule has 0 radical (unpaired) electrons. The summed E-state index contributed by atoms with van der Waals surface area (Å²) in [4.78, 5) is 13.9. The summed E-state index contributed by atoms with van der Waals surface area (Å²) >= 11 is 0. The zero-order valence-corrected chi connectivity index (χ0v) is 9.82. The Labute approximate surface area is 99.9 Å². The Hall–Kier alpha value is -1.58. The molecular formula is C13H16FNO2. The van der Waals surface area contributed by atoms with E-state index in [2.05, 4.69) is 0 Å². The van der Waals surface area contributed by atoms with E-state index in [-0.39, 0.29) is 23.3 Å². The summed E-state index contributed by atoms with van der Waals surface area (Å²) in [5, 5.41) is 9.12. The van der Waals surface area contributed by atoms with Crippen LogP contribution in [0.5, 0.6) is 5.75 Å². The summed E-state index contributed by atoms with van der Waals surface area (Å²) in [7, 11) is 0. The molecule has 0 spiro atoms. The fourth-order valence-electron chi connectivity index (χ4n) is 2.23. The van der Waals surface area contributed by atoms with Crippen LogP contribution in [0.1, 0.15) is 36.5 Å². The quantitative estimate of drug-likeness (QED) is 0.815. The van der Waals surface area contributed by atoms with Gasteiger partial charge in [-0.1, -0.05) is 0 Å². The molecule has 1 heterocycles. The van der Waals surface area contributed by atoms with Crippen molar-refractivity contribution in [2.75, 3.05) is 6.54 Å². The molecule has 1 amide bonds. The van der Waals surface area contributed by atoms with Crippen LogP contribution in [-0.4, -0.2) is 28.5 Å². The predicted octanol–water partition coefficient (Wildman–Crippen LogP) is 2.55. The molecule has 0 aliphatic carbocycles. The second-order valence-corrected chi connectivity index (χ2v) is 4.51. The van der Waals surface area contributed by atoms with E-state index in [1.54, 1.807) is 4.90 Å². The van der Waals surface area contributed by atoms with Crippen molar-refractivity contribution < 1.29 is 14.3 Å². The first-order valence-corrected chi connectivity index (χ1v) is 5.89. The van der Waals surface area contributed by atoms with Crippen LogP contribution in [-0.2, 0) is 0 Å². The fourth-order valence-corrected chi connectivity index (χ4v) is 2.23. The molecule has 1 fully saturated rings. The zero-order valence-electron chi connectivity index (χ0n) is 9.82. The number of rotatable bonds is 1. The van der Waals surface area contributed by atoms with Crippen molar-refractivity contribution in [3.05, 3.63) is 29.6 Å². The zero-order chi connectivity index (χ0) is 12.4. The van der Waals surface area contributed by atoms with Crippen molar-refractivity contribution in [2.45, 2.75) is 32.2 Å². The van der Waals surface area contributed by atoms with Crippen molar-refractivity contribution in [1.29, 1.82) is 0 Å². The van der Waals surface area contributed by atoms with Gasteiger partial charge in [0.15, 0.2) is 0 Å². The van der Waals surface area contributed by atoms with Crippen LogP contribution in [0, 0.1) is 5.82 Å². The van der Waals surface area contributed by atoms with Crippen molar-refractivity contribution in [3.63, 3.8) is 0 Å². The summed E-state index contributed by atoms with van der Waals surface area (Å²) in [6, 6.07) is 3.81. The van der Waals surface area contributed by atoms with Gasteiger partial charge in [0, 0.05) is 18.7 Å². The van der Waals surface area contributed by atoms with E-state index in [4.69, 9.17) is 5.11 Å². The molecule has 0 bridgehead atoms. The molecule has 2 rings (SSSR count). The van der Waals surface area contributed by atoms with E-state index in [0.717, 1.165) is 25.3 Å². The number of carbonyl (C=O) groups excluding carboxylic acids is 1. The number of hydrogen-bond donors (Lipinski definition) is 1. The highest BCUT2D eigenvalue weighted by Gasteiger charge is 2.25. The van der Waals surface area contributed by atoms with Gasteiger partial charge in [-0.25, -0.2) is 4.39 Å². The topological polar surface area (TPSA) is 40.5 Å². The number of nitrogens with zero attached hydrogens (tertiary/aromatic N) is 1. The molecule has 1 N–H and O–H groups in total. The van der Waals surface area contributed by atoms with Crippen LogP contribution in [0.25, 0.3) is 0 Å². The Balaban J connectivity index is 2.24. The van der Waals surface area contributed by atoms with E-state index in [1.165, 1.54) is 12.1 Å². The largest absolute Gasteiger partial charge is 0.508 e. The SMILES string of the molecule is CC1CCCCN1C(=O)c1ccc(O)cc1F. The molecule has 1 aromatic carbocycles. The summed E-state index contributed by atoms with van der Waals surface area (Å²) < 4.78 is 13.6. The first-order valence-electron chi connectivity index (χ1n) is 5.89. The minimum absolute atomic E-state index is 0.0385. The molecule has 92 valence electrons. The minimum atomic E-state index is -0.659. The Bertz CT molecular complexity index is 433. The van der Waals surface area contributed by atoms with Gasteiger partial charge in [-0.3, -0.25) is 4.79 Å². The number of amides is 1. The highest BCUT2D eigenvalue weighted by molar-refractivity contribution is 5.94. The minimum Gasteiger partial charge on any atom is -0.508 e. The van der Waals surface area contributed by atoms with Gasteiger partial charge < -0.3 is 10.0 Å². The lowest BCUT2D eigenvalue weighted by atomic mass is 10.0. The fraction of sp³-hybridized carbons (Fsp3) is 0.462. The predicted molar refractivity (Wildman–Crippen MR) is 62.4 cm³/mol. The van der Waals surface area contributed by atoms with Gasteiger partial charge >= 0.3 is 0 Å². The number of halogens is 1. The molecule has 0 saturated carbocycles. The number of hydrogen-bond acceptors (Lipinski definition) is 2. The number of phenolic OH excluding ortho intramolecular Hbond substituents is 1. The van der Waals surface area contributed by atoms with Crippen molar-refractivity contribution >= 4 is 5.91 Å². The monoisotopic (exact) mass is 237 g/mol. The Morgan fingerprint density at radius 1 is 1.47 bits per heavy atom. The average molecular weight is 237 g/mol. The maximum absolute atomic E-state index is 13.6. The van der Waals surface area contributed by atoms with Gasteiger partial charge in [-0.05, 0) is 38.3 Å². The second kappa shape index (κ2) is 4.73. The van der Waals surface area contributed by atoms with Crippen molar-refractivity contribution in [2.24, 2.45) is 0 Å². The molecular weight excluding hydrogens is 221 g/mol. The van der Waals surface area contributed by atoms with Crippen LogP contribution in [0.4, 0.5) is 4.39 Å². The summed E-state index contributed by atoms with van der Waals surface area (Å²) in [5.74, 6) is -1.10. The number of likely N-dealkylation sites (tertiary alicyclic amines) is 1. The third-order valence-electron chi connectivity index (χ3n) is 3.25. The number of piperidine rings is 1. The highest BCUT2D eigenvalue weighted by Crippen LogP contribution is 2.22. The van der Waals surface area contributed by atoms with Crippen LogP contribution in [0.3, 0.4) is 0 Å². The molecule has 17 heavy (non-hydrogen) atoms. The number of phenols is 1. The number of carbonyl (C=O) groups is 1. The summed E-state index contributed by atoms with van der Waals surface area (Å²) in [6.45, 7) is 2.66. The van der Waals surface area contributed by atoms with E-state index < -0.39 is 5.82 Å². The van der Waals surface area contributed by atoms with Gasteiger partial charge in [0.1, 0.15) is 11.6 Å². The lowest BCUT2D eigenvalue weighted by molar-refractivity contribution is 0.0631. The van der Waals surface area contributed by atoms with Crippen LogP contribution in [0.2, 0.25) is 0 Å². The third kappa shape index (κ3) is 2.40. The first kappa shape index (κ1) is 11.9. The van der Waals surface area contributed by atoms with Gasteiger partial charge in [-0.2, -0.15) is 0 Å².